The fraction of sp³-hybridized carbons (Fsp3) is 0.231. The summed E-state index contributed by atoms with van der Waals surface area (Å²) >= 11 is 3.49. The fourth-order valence-corrected chi connectivity index (χ4v) is 2.43. The third-order valence-corrected chi connectivity index (χ3v) is 3.36. The Labute approximate surface area is 119 Å². The third-order valence-electron chi connectivity index (χ3n) is 2.77. The first-order valence-electron chi connectivity index (χ1n) is 5.88. The van der Waals surface area contributed by atoms with Gasteiger partial charge in [-0.05, 0) is 34.1 Å². The van der Waals surface area contributed by atoms with Crippen LogP contribution in [0, 0.1) is 0 Å². The SMILES string of the molecule is CNc1ccnc(-c2cc(Br)c3c(c2)OCCO3)n1. The van der Waals surface area contributed by atoms with Crippen molar-refractivity contribution in [2.45, 2.75) is 0 Å². The maximum atomic E-state index is 5.60. The molecule has 0 radical (unpaired) electrons. The number of nitrogens with one attached hydrogen (secondary N) is 1. The average Bonchev–Trinajstić information content (AvgIpc) is 2.47. The highest BCUT2D eigenvalue weighted by Crippen LogP contribution is 2.40. The van der Waals surface area contributed by atoms with Gasteiger partial charge >= 0.3 is 0 Å². The van der Waals surface area contributed by atoms with Crippen molar-refractivity contribution in [3.05, 3.63) is 28.9 Å². The molecule has 0 amide bonds. The number of aromatic nitrogens is 2. The summed E-state index contributed by atoms with van der Waals surface area (Å²) in [6.45, 7) is 1.12. The highest BCUT2D eigenvalue weighted by Gasteiger charge is 2.17. The maximum Gasteiger partial charge on any atom is 0.175 e. The van der Waals surface area contributed by atoms with Crippen LogP contribution in [0.2, 0.25) is 0 Å². The van der Waals surface area contributed by atoms with Crippen LogP contribution >= 0.6 is 15.9 Å². The van der Waals surface area contributed by atoms with Crippen molar-refractivity contribution in [1.29, 1.82) is 0 Å². The molecular formula is C13H12BrN3O2. The topological polar surface area (TPSA) is 56.3 Å². The minimum atomic E-state index is 0.556. The highest BCUT2D eigenvalue weighted by molar-refractivity contribution is 9.10. The monoisotopic (exact) mass is 321 g/mol. The Morgan fingerprint density at radius 3 is 2.95 bits per heavy atom. The first-order valence-corrected chi connectivity index (χ1v) is 6.67. The first kappa shape index (κ1) is 12.2. The zero-order valence-electron chi connectivity index (χ0n) is 10.3. The van der Waals surface area contributed by atoms with Gasteiger partial charge in [-0.15, -0.1) is 0 Å². The van der Waals surface area contributed by atoms with E-state index in [4.69, 9.17) is 9.47 Å². The predicted molar refractivity (Wildman–Crippen MR) is 75.7 cm³/mol. The number of ether oxygens (including phenoxy) is 2. The van der Waals surface area contributed by atoms with Crippen molar-refractivity contribution in [3.63, 3.8) is 0 Å². The van der Waals surface area contributed by atoms with E-state index in [1.165, 1.54) is 0 Å². The van der Waals surface area contributed by atoms with E-state index in [9.17, 15) is 0 Å². The molecule has 98 valence electrons. The second kappa shape index (κ2) is 5.05. The first-order chi connectivity index (χ1) is 9.28. The molecule has 1 aromatic carbocycles. The molecule has 0 spiro atoms. The van der Waals surface area contributed by atoms with E-state index < -0.39 is 0 Å². The number of benzene rings is 1. The molecule has 0 bridgehead atoms. The zero-order chi connectivity index (χ0) is 13.2. The standard InChI is InChI=1S/C13H12BrN3O2/c1-15-11-2-3-16-13(17-11)8-6-9(14)12-10(7-8)18-4-5-19-12/h2-3,6-7H,4-5H2,1H3,(H,15,16,17). The van der Waals surface area contributed by atoms with E-state index in [2.05, 4.69) is 31.2 Å². The minimum absolute atomic E-state index is 0.556. The maximum absolute atomic E-state index is 5.60. The van der Waals surface area contributed by atoms with Gasteiger partial charge in [-0.2, -0.15) is 0 Å². The van der Waals surface area contributed by atoms with E-state index in [-0.39, 0.29) is 0 Å². The molecule has 3 rings (SSSR count). The molecule has 1 aliphatic rings. The van der Waals surface area contributed by atoms with Gasteiger partial charge in [-0.1, -0.05) is 0 Å². The Morgan fingerprint density at radius 1 is 1.26 bits per heavy atom. The number of fused-ring (bicyclic) bond motifs is 1. The quantitative estimate of drug-likeness (QED) is 0.921. The lowest BCUT2D eigenvalue weighted by atomic mass is 10.2. The van der Waals surface area contributed by atoms with Crippen molar-refractivity contribution < 1.29 is 9.47 Å². The van der Waals surface area contributed by atoms with E-state index in [0.717, 1.165) is 21.6 Å². The molecule has 1 aliphatic heterocycles. The van der Waals surface area contributed by atoms with Gasteiger partial charge < -0.3 is 14.8 Å². The highest BCUT2D eigenvalue weighted by atomic mass is 79.9. The lowest BCUT2D eigenvalue weighted by Gasteiger charge is -2.20. The van der Waals surface area contributed by atoms with Crippen LogP contribution in [0.5, 0.6) is 11.5 Å². The molecule has 19 heavy (non-hydrogen) atoms. The Morgan fingerprint density at radius 2 is 2.11 bits per heavy atom. The Bertz CT molecular complexity index is 619. The number of hydrogen-bond acceptors (Lipinski definition) is 5. The number of anilines is 1. The molecular weight excluding hydrogens is 310 g/mol. The fourth-order valence-electron chi connectivity index (χ4n) is 1.88. The van der Waals surface area contributed by atoms with Crippen LogP contribution in [-0.4, -0.2) is 30.2 Å². The average molecular weight is 322 g/mol. The molecule has 1 N–H and O–H groups in total. The smallest absolute Gasteiger partial charge is 0.175 e. The summed E-state index contributed by atoms with van der Waals surface area (Å²) in [5.41, 5.74) is 0.883. The number of hydrogen-bond donors (Lipinski definition) is 1. The lowest BCUT2D eigenvalue weighted by Crippen LogP contribution is -2.15. The molecule has 0 saturated carbocycles. The van der Waals surface area contributed by atoms with Crippen LogP contribution < -0.4 is 14.8 Å². The van der Waals surface area contributed by atoms with Crippen molar-refractivity contribution in [2.75, 3.05) is 25.6 Å². The van der Waals surface area contributed by atoms with Crippen LogP contribution in [-0.2, 0) is 0 Å². The van der Waals surface area contributed by atoms with Gasteiger partial charge in [0.25, 0.3) is 0 Å². The third kappa shape index (κ3) is 2.35. The zero-order valence-corrected chi connectivity index (χ0v) is 11.9. The van der Waals surface area contributed by atoms with Crippen LogP contribution in [0.4, 0.5) is 5.82 Å². The van der Waals surface area contributed by atoms with E-state index >= 15 is 0 Å². The summed E-state index contributed by atoms with van der Waals surface area (Å²) in [5.74, 6) is 2.87. The van der Waals surface area contributed by atoms with Crippen molar-refractivity contribution in [3.8, 4) is 22.9 Å². The molecule has 0 aliphatic carbocycles. The normalized spacial score (nSPS) is 13.2. The van der Waals surface area contributed by atoms with Crippen molar-refractivity contribution in [2.24, 2.45) is 0 Å². The van der Waals surface area contributed by atoms with E-state index in [1.54, 1.807) is 6.20 Å². The predicted octanol–water partition coefficient (Wildman–Crippen LogP) is 2.72. The van der Waals surface area contributed by atoms with Crippen molar-refractivity contribution >= 4 is 21.7 Å². The molecule has 0 fully saturated rings. The van der Waals surface area contributed by atoms with Gasteiger partial charge in [0.15, 0.2) is 17.3 Å². The molecule has 6 heteroatoms. The molecule has 2 aromatic rings. The summed E-state index contributed by atoms with van der Waals surface area (Å²) in [4.78, 5) is 8.69. The van der Waals surface area contributed by atoms with E-state index in [0.29, 0.717) is 24.8 Å². The second-order valence-corrected chi connectivity index (χ2v) is 4.85. The second-order valence-electron chi connectivity index (χ2n) is 4.00. The Hall–Kier alpha value is -1.82. The summed E-state index contributed by atoms with van der Waals surface area (Å²) in [6, 6.07) is 5.65. The lowest BCUT2D eigenvalue weighted by molar-refractivity contribution is 0.170. The number of halogens is 1. The number of nitrogens with zero attached hydrogens (tertiary/aromatic N) is 2. The number of rotatable bonds is 2. The van der Waals surface area contributed by atoms with Gasteiger partial charge in [-0.3, -0.25) is 0 Å². The van der Waals surface area contributed by atoms with Gasteiger partial charge in [-0.25, -0.2) is 9.97 Å². The van der Waals surface area contributed by atoms with Crippen LogP contribution in [0.1, 0.15) is 0 Å². The van der Waals surface area contributed by atoms with E-state index in [1.807, 2.05) is 25.2 Å². The van der Waals surface area contributed by atoms with Crippen LogP contribution in [0.25, 0.3) is 11.4 Å². The van der Waals surface area contributed by atoms with Crippen molar-refractivity contribution in [1.82, 2.24) is 9.97 Å². The van der Waals surface area contributed by atoms with Crippen LogP contribution in [0.15, 0.2) is 28.9 Å². The van der Waals surface area contributed by atoms with Crippen LogP contribution in [0.3, 0.4) is 0 Å². The summed E-state index contributed by atoms with van der Waals surface area (Å²) < 4.78 is 12.0. The summed E-state index contributed by atoms with van der Waals surface area (Å²) in [6.07, 6.45) is 1.72. The van der Waals surface area contributed by atoms with Gasteiger partial charge in [0.2, 0.25) is 0 Å². The molecule has 2 heterocycles. The largest absolute Gasteiger partial charge is 0.486 e. The molecule has 0 saturated heterocycles. The Balaban J connectivity index is 2.07. The molecule has 0 unspecified atom stereocenters. The van der Waals surface area contributed by atoms with Gasteiger partial charge in [0.1, 0.15) is 19.0 Å². The van der Waals surface area contributed by atoms with Gasteiger partial charge in [0, 0.05) is 18.8 Å². The summed E-state index contributed by atoms with van der Waals surface area (Å²) in [7, 11) is 1.83. The Kier molecular flexibility index (Phi) is 3.25. The minimum Gasteiger partial charge on any atom is -0.486 e. The van der Waals surface area contributed by atoms with Gasteiger partial charge in [0.05, 0.1) is 4.47 Å². The molecule has 0 atom stereocenters. The summed E-state index contributed by atoms with van der Waals surface area (Å²) in [5, 5.41) is 3.00. The molecule has 5 nitrogen and oxygen atoms in total. The molecule has 1 aromatic heterocycles.